The monoisotopic (exact) mass is 240 g/mol. The summed E-state index contributed by atoms with van der Waals surface area (Å²) in [6, 6.07) is 0. The van der Waals surface area contributed by atoms with Crippen LogP contribution in [0, 0.1) is 0 Å². The zero-order valence-electron chi connectivity index (χ0n) is 6.34. The molecule has 0 saturated heterocycles. The Hall–Kier alpha value is -0.580. The van der Waals surface area contributed by atoms with Crippen LogP contribution in [-0.2, 0) is 4.74 Å². The van der Waals surface area contributed by atoms with E-state index < -0.39 is 5.97 Å². The van der Waals surface area contributed by atoms with E-state index in [-0.39, 0.29) is 21.2 Å². The highest BCUT2D eigenvalue weighted by Crippen LogP contribution is 2.24. The quantitative estimate of drug-likeness (QED) is 0.430. The standard InChI is InChI=1S/C6H3Cl3N2O2/c1-13-5(12)3-2(7)4(8)11-6(9)10-3/h1H3. The van der Waals surface area contributed by atoms with Crippen LogP contribution in [0.2, 0.25) is 15.5 Å². The van der Waals surface area contributed by atoms with Gasteiger partial charge in [-0.15, -0.1) is 0 Å². The summed E-state index contributed by atoms with van der Waals surface area (Å²) in [6.45, 7) is 0. The minimum Gasteiger partial charge on any atom is -0.464 e. The van der Waals surface area contributed by atoms with E-state index in [2.05, 4.69) is 14.7 Å². The van der Waals surface area contributed by atoms with Gasteiger partial charge in [0.25, 0.3) is 0 Å². The largest absolute Gasteiger partial charge is 0.464 e. The van der Waals surface area contributed by atoms with Gasteiger partial charge in [-0.05, 0) is 11.6 Å². The van der Waals surface area contributed by atoms with E-state index in [9.17, 15) is 4.79 Å². The number of methoxy groups -OCH3 is 1. The van der Waals surface area contributed by atoms with Crippen LogP contribution >= 0.6 is 34.8 Å². The fraction of sp³-hybridized carbons (Fsp3) is 0.167. The summed E-state index contributed by atoms with van der Waals surface area (Å²) < 4.78 is 4.40. The first kappa shape index (κ1) is 10.5. The van der Waals surface area contributed by atoms with Crippen molar-refractivity contribution >= 4 is 40.8 Å². The van der Waals surface area contributed by atoms with Crippen molar-refractivity contribution in [1.29, 1.82) is 0 Å². The molecule has 0 N–H and O–H groups in total. The maximum atomic E-state index is 11.0. The molecular weight excluding hydrogens is 238 g/mol. The minimum absolute atomic E-state index is 0.0714. The third-order valence-corrected chi connectivity index (χ3v) is 2.06. The lowest BCUT2D eigenvalue weighted by Crippen LogP contribution is -2.06. The van der Waals surface area contributed by atoms with Gasteiger partial charge >= 0.3 is 5.97 Å². The van der Waals surface area contributed by atoms with Crippen molar-refractivity contribution in [2.45, 2.75) is 0 Å². The van der Waals surface area contributed by atoms with E-state index in [0.29, 0.717) is 0 Å². The van der Waals surface area contributed by atoms with E-state index >= 15 is 0 Å². The van der Waals surface area contributed by atoms with Gasteiger partial charge < -0.3 is 4.74 Å². The lowest BCUT2D eigenvalue weighted by atomic mass is 10.4. The third kappa shape index (κ3) is 2.21. The molecule has 0 unspecified atom stereocenters. The Morgan fingerprint density at radius 1 is 1.31 bits per heavy atom. The van der Waals surface area contributed by atoms with Crippen LogP contribution in [0.5, 0.6) is 0 Å². The summed E-state index contributed by atoms with van der Waals surface area (Å²) in [6.07, 6.45) is 0. The van der Waals surface area contributed by atoms with Crippen LogP contribution in [-0.4, -0.2) is 23.0 Å². The number of nitrogens with zero attached hydrogens (tertiary/aromatic N) is 2. The zero-order chi connectivity index (χ0) is 10.0. The molecule has 1 aromatic rings. The molecule has 1 rings (SSSR count). The number of aromatic nitrogens is 2. The molecule has 0 bridgehead atoms. The molecule has 1 aromatic heterocycles. The maximum Gasteiger partial charge on any atom is 0.358 e. The lowest BCUT2D eigenvalue weighted by Gasteiger charge is -2.01. The highest BCUT2D eigenvalue weighted by Gasteiger charge is 2.17. The fourth-order valence-corrected chi connectivity index (χ4v) is 1.17. The molecular formula is C6H3Cl3N2O2. The summed E-state index contributed by atoms with van der Waals surface area (Å²) in [5.41, 5.74) is -0.144. The van der Waals surface area contributed by atoms with Crippen molar-refractivity contribution < 1.29 is 9.53 Å². The van der Waals surface area contributed by atoms with E-state index in [0.717, 1.165) is 0 Å². The topological polar surface area (TPSA) is 52.1 Å². The summed E-state index contributed by atoms with van der Waals surface area (Å²) in [4.78, 5) is 18.1. The molecule has 0 amide bonds. The summed E-state index contributed by atoms with van der Waals surface area (Å²) in [7, 11) is 1.20. The number of rotatable bonds is 1. The highest BCUT2D eigenvalue weighted by atomic mass is 35.5. The molecule has 0 aliphatic carbocycles. The van der Waals surface area contributed by atoms with Crippen molar-refractivity contribution in [3.8, 4) is 0 Å². The number of carbonyl (C=O) groups excluding carboxylic acids is 1. The van der Waals surface area contributed by atoms with Gasteiger partial charge in [0.15, 0.2) is 10.8 Å². The first-order chi connectivity index (χ1) is 6.06. The molecule has 7 heteroatoms. The molecule has 0 aliphatic heterocycles. The molecule has 13 heavy (non-hydrogen) atoms. The van der Waals surface area contributed by atoms with Crippen molar-refractivity contribution in [1.82, 2.24) is 9.97 Å². The Kier molecular flexibility index (Phi) is 3.30. The maximum absolute atomic E-state index is 11.0. The van der Waals surface area contributed by atoms with Gasteiger partial charge in [-0.25, -0.2) is 14.8 Å². The third-order valence-electron chi connectivity index (χ3n) is 1.16. The van der Waals surface area contributed by atoms with Crippen LogP contribution in [0.4, 0.5) is 0 Å². The van der Waals surface area contributed by atoms with Gasteiger partial charge in [0.05, 0.1) is 7.11 Å². The predicted molar refractivity (Wildman–Crippen MR) is 48.4 cm³/mol. The second-order valence-corrected chi connectivity index (χ2v) is 3.01. The van der Waals surface area contributed by atoms with Crippen molar-refractivity contribution in [3.05, 3.63) is 21.2 Å². The van der Waals surface area contributed by atoms with Gasteiger partial charge in [0.1, 0.15) is 5.02 Å². The highest BCUT2D eigenvalue weighted by molar-refractivity contribution is 6.43. The number of hydrogen-bond acceptors (Lipinski definition) is 4. The second-order valence-electron chi connectivity index (χ2n) is 1.94. The number of esters is 1. The zero-order valence-corrected chi connectivity index (χ0v) is 8.61. The van der Waals surface area contributed by atoms with E-state index in [4.69, 9.17) is 34.8 Å². The first-order valence-electron chi connectivity index (χ1n) is 3.03. The molecule has 0 fully saturated rings. The van der Waals surface area contributed by atoms with Gasteiger partial charge in [-0.2, -0.15) is 0 Å². The van der Waals surface area contributed by atoms with Gasteiger partial charge in [0.2, 0.25) is 5.28 Å². The number of carbonyl (C=O) groups is 1. The SMILES string of the molecule is COC(=O)c1nc(Cl)nc(Cl)c1Cl. The molecule has 0 aliphatic rings. The van der Waals surface area contributed by atoms with E-state index in [1.807, 2.05) is 0 Å². The van der Waals surface area contributed by atoms with Gasteiger partial charge in [-0.1, -0.05) is 23.2 Å². The Bertz CT molecular complexity index is 356. The molecule has 0 saturated carbocycles. The molecule has 70 valence electrons. The van der Waals surface area contributed by atoms with Crippen molar-refractivity contribution in [3.63, 3.8) is 0 Å². The van der Waals surface area contributed by atoms with Crippen LogP contribution in [0.3, 0.4) is 0 Å². The van der Waals surface area contributed by atoms with Crippen LogP contribution < -0.4 is 0 Å². The second kappa shape index (κ2) is 4.09. The average Bonchev–Trinajstić information content (AvgIpc) is 2.10. The summed E-state index contributed by atoms with van der Waals surface area (Å²) >= 11 is 16.6. The van der Waals surface area contributed by atoms with Crippen molar-refractivity contribution in [2.24, 2.45) is 0 Å². The molecule has 0 atom stereocenters. The predicted octanol–water partition coefficient (Wildman–Crippen LogP) is 2.22. The minimum atomic E-state index is -0.712. The summed E-state index contributed by atoms with van der Waals surface area (Å²) in [5, 5.41) is -0.310. The first-order valence-corrected chi connectivity index (χ1v) is 4.16. The normalized spacial score (nSPS) is 9.85. The molecule has 0 radical (unpaired) electrons. The van der Waals surface area contributed by atoms with Crippen LogP contribution in [0.25, 0.3) is 0 Å². The number of hydrogen-bond donors (Lipinski definition) is 0. The number of halogens is 3. The van der Waals surface area contributed by atoms with E-state index in [1.54, 1.807) is 0 Å². The molecule has 4 nitrogen and oxygen atoms in total. The smallest absolute Gasteiger partial charge is 0.358 e. The summed E-state index contributed by atoms with van der Waals surface area (Å²) in [5.74, 6) is -0.712. The molecule has 0 aromatic carbocycles. The number of ether oxygens (including phenoxy) is 1. The van der Waals surface area contributed by atoms with Crippen LogP contribution in [0.1, 0.15) is 10.5 Å². The van der Waals surface area contributed by atoms with Crippen molar-refractivity contribution in [2.75, 3.05) is 7.11 Å². The Labute approximate surface area is 88.8 Å². The molecule has 1 heterocycles. The lowest BCUT2D eigenvalue weighted by molar-refractivity contribution is 0.0594. The average molecular weight is 241 g/mol. The Morgan fingerprint density at radius 3 is 2.46 bits per heavy atom. The van der Waals surface area contributed by atoms with E-state index in [1.165, 1.54) is 7.11 Å². The Morgan fingerprint density at radius 2 is 1.92 bits per heavy atom. The molecule has 0 spiro atoms. The van der Waals surface area contributed by atoms with Gasteiger partial charge in [-0.3, -0.25) is 0 Å². The Balaban J connectivity index is 3.28. The van der Waals surface area contributed by atoms with Crippen LogP contribution in [0.15, 0.2) is 0 Å². The fourth-order valence-electron chi connectivity index (χ4n) is 0.626. The van der Waals surface area contributed by atoms with Gasteiger partial charge in [0, 0.05) is 0 Å².